The molecule has 1 aliphatic rings. The lowest BCUT2D eigenvalue weighted by molar-refractivity contribution is -0.134. The largest absolute Gasteiger partial charge is 0.483 e. The fourth-order valence-electron chi connectivity index (χ4n) is 2.89. The average Bonchev–Trinajstić information content (AvgIpc) is 2.52. The van der Waals surface area contributed by atoms with Crippen LogP contribution >= 0.6 is 0 Å². The lowest BCUT2D eigenvalue weighted by Crippen LogP contribution is -2.45. The summed E-state index contributed by atoms with van der Waals surface area (Å²) in [5.41, 5.74) is 2.31. The fourth-order valence-corrected chi connectivity index (χ4v) is 2.89. The molecular formula is C18H28N2O2. The number of carbonyl (C=O) groups is 1. The Balaban J connectivity index is 1.93. The molecule has 1 aliphatic heterocycles. The van der Waals surface area contributed by atoms with E-state index in [1.807, 2.05) is 24.9 Å². The van der Waals surface area contributed by atoms with E-state index in [9.17, 15) is 4.79 Å². The van der Waals surface area contributed by atoms with Crippen molar-refractivity contribution < 1.29 is 9.53 Å². The molecule has 4 nitrogen and oxygen atoms in total. The minimum atomic E-state index is 0.0887. The lowest BCUT2D eigenvalue weighted by atomic mass is 10.0. The molecule has 0 unspecified atom stereocenters. The predicted octanol–water partition coefficient (Wildman–Crippen LogP) is 2.71. The molecule has 1 amide bonds. The zero-order valence-electron chi connectivity index (χ0n) is 14.2. The molecule has 1 aromatic carbocycles. The van der Waals surface area contributed by atoms with Crippen LogP contribution in [0.1, 0.15) is 43.7 Å². The van der Waals surface area contributed by atoms with Gasteiger partial charge in [-0.2, -0.15) is 0 Å². The van der Waals surface area contributed by atoms with Crippen LogP contribution in [-0.4, -0.2) is 43.6 Å². The molecular weight excluding hydrogens is 276 g/mol. The number of aryl methyl sites for hydroxylation is 1. The molecule has 0 bridgehead atoms. The van der Waals surface area contributed by atoms with Crippen molar-refractivity contribution in [2.24, 2.45) is 0 Å². The second kappa shape index (κ2) is 7.63. The molecule has 1 aromatic rings. The third-order valence-corrected chi connectivity index (χ3v) is 4.40. The topological polar surface area (TPSA) is 41.6 Å². The number of hydrogen-bond acceptors (Lipinski definition) is 3. The number of amides is 1. The predicted molar refractivity (Wildman–Crippen MR) is 89.4 cm³/mol. The molecule has 0 aliphatic carbocycles. The molecule has 1 heterocycles. The molecule has 4 heteroatoms. The summed E-state index contributed by atoms with van der Waals surface area (Å²) in [6.07, 6.45) is 2.04. The maximum atomic E-state index is 12.3. The van der Waals surface area contributed by atoms with Crippen molar-refractivity contribution in [1.29, 1.82) is 0 Å². The van der Waals surface area contributed by atoms with E-state index in [4.69, 9.17) is 4.74 Å². The highest BCUT2D eigenvalue weighted by atomic mass is 16.5. The van der Waals surface area contributed by atoms with Crippen LogP contribution in [-0.2, 0) is 4.79 Å². The van der Waals surface area contributed by atoms with Crippen LogP contribution < -0.4 is 10.1 Å². The van der Waals surface area contributed by atoms with Crippen molar-refractivity contribution in [3.8, 4) is 5.75 Å². The zero-order chi connectivity index (χ0) is 16.1. The van der Waals surface area contributed by atoms with Crippen LogP contribution in [0.25, 0.3) is 0 Å². The summed E-state index contributed by atoms with van der Waals surface area (Å²) in [4.78, 5) is 14.2. The van der Waals surface area contributed by atoms with E-state index in [1.54, 1.807) is 0 Å². The maximum absolute atomic E-state index is 12.3. The Hall–Kier alpha value is -1.55. The first-order valence-electron chi connectivity index (χ1n) is 8.19. The number of nitrogens with one attached hydrogen (secondary N) is 1. The first kappa shape index (κ1) is 16.8. The lowest BCUT2D eigenvalue weighted by Gasteiger charge is -2.31. The van der Waals surface area contributed by atoms with Crippen molar-refractivity contribution in [3.63, 3.8) is 0 Å². The van der Waals surface area contributed by atoms with Gasteiger partial charge in [0.05, 0.1) is 0 Å². The highest BCUT2D eigenvalue weighted by Gasteiger charge is 2.22. The van der Waals surface area contributed by atoms with Crippen LogP contribution in [0, 0.1) is 6.92 Å². The van der Waals surface area contributed by atoms with E-state index in [-0.39, 0.29) is 12.5 Å². The molecule has 0 aromatic heterocycles. The second-order valence-electron chi connectivity index (χ2n) is 6.43. The molecule has 0 spiro atoms. The van der Waals surface area contributed by atoms with Crippen LogP contribution in [0.2, 0.25) is 0 Å². The van der Waals surface area contributed by atoms with E-state index in [1.165, 1.54) is 0 Å². The van der Waals surface area contributed by atoms with Gasteiger partial charge in [-0.05, 0) is 49.9 Å². The van der Waals surface area contributed by atoms with E-state index in [2.05, 4.69) is 31.3 Å². The zero-order valence-corrected chi connectivity index (χ0v) is 14.2. The monoisotopic (exact) mass is 304 g/mol. The van der Waals surface area contributed by atoms with Crippen molar-refractivity contribution in [2.45, 2.75) is 45.6 Å². The van der Waals surface area contributed by atoms with E-state index in [0.29, 0.717) is 12.0 Å². The van der Waals surface area contributed by atoms with E-state index < -0.39 is 0 Å². The second-order valence-corrected chi connectivity index (χ2v) is 6.43. The highest BCUT2D eigenvalue weighted by molar-refractivity contribution is 5.78. The summed E-state index contributed by atoms with van der Waals surface area (Å²) in [5, 5.41) is 3.28. The van der Waals surface area contributed by atoms with Gasteiger partial charge in [-0.15, -0.1) is 0 Å². The third kappa shape index (κ3) is 4.23. The smallest absolute Gasteiger partial charge is 0.260 e. The molecule has 2 rings (SSSR count). The Labute approximate surface area is 133 Å². The molecule has 22 heavy (non-hydrogen) atoms. The molecule has 0 saturated carbocycles. The van der Waals surface area contributed by atoms with Crippen molar-refractivity contribution in [2.75, 3.05) is 26.7 Å². The first-order valence-corrected chi connectivity index (χ1v) is 8.19. The Bertz CT molecular complexity index is 506. The van der Waals surface area contributed by atoms with Gasteiger partial charge in [0.15, 0.2) is 6.61 Å². The Morgan fingerprint density at radius 3 is 2.64 bits per heavy atom. The number of hydrogen-bond donors (Lipinski definition) is 1. The Morgan fingerprint density at radius 2 is 2.05 bits per heavy atom. The third-order valence-electron chi connectivity index (χ3n) is 4.40. The van der Waals surface area contributed by atoms with Crippen molar-refractivity contribution in [1.82, 2.24) is 10.2 Å². The molecule has 1 fully saturated rings. The maximum Gasteiger partial charge on any atom is 0.260 e. The summed E-state index contributed by atoms with van der Waals surface area (Å²) in [6.45, 7) is 8.09. The number of piperidine rings is 1. The van der Waals surface area contributed by atoms with Gasteiger partial charge in [-0.3, -0.25) is 4.79 Å². The normalized spacial score (nSPS) is 16.1. The van der Waals surface area contributed by atoms with Gasteiger partial charge in [-0.1, -0.05) is 26.0 Å². The standard InChI is InChI=1S/C18H28N2O2/c1-13(2)16-6-5-14(3)11-17(16)22-12-18(21)20-9-7-15(19-4)8-10-20/h5-6,11,13,15,19H,7-10,12H2,1-4H3. The first-order chi connectivity index (χ1) is 10.5. The Morgan fingerprint density at radius 1 is 1.36 bits per heavy atom. The number of ether oxygens (including phenoxy) is 1. The van der Waals surface area contributed by atoms with Gasteiger partial charge >= 0.3 is 0 Å². The molecule has 0 radical (unpaired) electrons. The Kier molecular flexibility index (Phi) is 5.83. The highest BCUT2D eigenvalue weighted by Crippen LogP contribution is 2.27. The van der Waals surface area contributed by atoms with Crippen LogP contribution in [0.3, 0.4) is 0 Å². The SMILES string of the molecule is CNC1CCN(C(=O)COc2cc(C)ccc2C(C)C)CC1. The van der Waals surface area contributed by atoms with Gasteiger partial charge in [-0.25, -0.2) is 0 Å². The molecule has 1 saturated heterocycles. The summed E-state index contributed by atoms with van der Waals surface area (Å²) >= 11 is 0. The quantitative estimate of drug-likeness (QED) is 0.909. The van der Waals surface area contributed by atoms with Crippen molar-refractivity contribution in [3.05, 3.63) is 29.3 Å². The molecule has 0 atom stereocenters. The summed E-state index contributed by atoms with van der Waals surface area (Å²) in [7, 11) is 1.98. The van der Waals surface area contributed by atoms with Crippen LogP contribution in [0.4, 0.5) is 0 Å². The average molecular weight is 304 g/mol. The van der Waals surface area contributed by atoms with Gasteiger partial charge in [0.1, 0.15) is 5.75 Å². The number of nitrogens with zero attached hydrogens (tertiary/aromatic N) is 1. The molecule has 1 N–H and O–H groups in total. The van der Waals surface area contributed by atoms with Crippen LogP contribution in [0.15, 0.2) is 18.2 Å². The van der Waals surface area contributed by atoms with Crippen molar-refractivity contribution >= 4 is 5.91 Å². The molecule has 122 valence electrons. The van der Waals surface area contributed by atoms with Gasteiger partial charge in [0.25, 0.3) is 5.91 Å². The number of likely N-dealkylation sites (tertiary alicyclic amines) is 1. The van der Waals surface area contributed by atoms with Gasteiger partial charge in [0.2, 0.25) is 0 Å². The minimum absolute atomic E-state index is 0.0887. The fraction of sp³-hybridized carbons (Fsp3) is 0.611. The van der Waals surface area contributed by atoms with Crippen LogP contribution in [0.5, 0.6) is 5.75 Å². The number of benzene rings is 1. The van der Waals surface area contributed by atoms with E-state index >= 15 is 0 Å². The minimum Gasteiger partial charge on any atom is -0.483 e. The van der Waals surface area contributed by atoms with Gasteiger partial charge < -0.3 is 15.0 Å². The van der Waals surface area contributed by atoms with Gasteiger partial charge in [0, 0.05) is 19.1 Å². The van der Waals surface area contributed by atoms with E-state index in [0.717, 1.165) is 42.8 Å². The summed E-state index contributed by atoms with van der Waals surface area (Å²) in [6, 6.07) is 6.75. The number of carbonyl (C=O) groups excluding carboxylic acids is 1. The summed E-state index contributed by atoms with van der Waals surface area (Å²) in [5.74, 6) is 1.32. The number of rotatable bonds is 5. The summed E-state index contributed by atoms with van der Waals surface area (Å²) < 4.78 is 5.84.